The molecule has 0 saturated heterocycles. The maximum atomic E-state index is 11.8. The predicted octanol–water partition coefficient (Wildman–Crippen LogP) is 0.729. The number of rotatable bonds is 3. The minimum absolute atomic E-state index is 0.0641. The number of hydrogen-bond acceptors (Lipinski definition) is 5. The number of aromatic nitrogens is 2. The summed E-state index contributed by atoms with van der Waals surface area (Å²) in [4.78, 5) is 23.0. The van der Waals surface area contributed by atoms with Gasteiger partial charge in [-0.2, -0.15) is 0 Å². The molecule has 2 aromatic rings. The van der Waals surface area contributed by atoms with Crippen molar-refractivity contribution < 1.29 is 14.2 Å². The number of carbonyl (C=O) groups excluding carboxylic acids is 2. The van der Waals surface area contributed by atoms with Gasteiger partial charge in [-0.3, -0.25) is 9.59 Å². The molecule has 0 fully saturated rings. The summed E-state index contributed by atoms with van der Waals surface area (Å²) in [5.74, 6) is -1.14. The van der Waals surface area contributed by atoms with Crippen LogP contribution in [0.3, 0.4) is 0 Å². The Labute approximate surface area is 102 Å². The molecule has 0 radical (unpaired) electrons. The molecule has 0 bridgehead atoms. The molecule has 0 aliphatic rings. The van der Waals surface area contributed by atoms with E-state index >= 15 is 0 Å². The van der Waals surface area contributed by atoms with E-state index in [2.05, 4.69) is 20.3 Å². The van der Waals surface area contributed by atoms with Crippen LogP contribution in [-0.2, 0) is 0 Å². The summed E-state index contributed by atoms with van der Waals surface area (Å²) in [5, 5.41) is 9.50. The van der Waals surface area contributed by atoms with Crippen molar-refractivity contribution in [3.8, 4) is 0 Å². The van der Waals surface area contributed by atoms with Gasteiger partial charge in [0.2, 0.25) is 0 Å². The number of nitrogens with one attached hydrogen (secondary N) is 1. The van der Waals surface area contributed by atoms with E-state index < -0.39 is 11.8 Å². The first-order chi connectivity index (χ1) is 8.59. The Balaban J connectivity index is 2.28. The molecule has 0 aliphatic heterocycles. The Morgan fingerprint density at radius 3 is 2.61 bits per heavy atom. The Morgan fingerprint density at radius 2 is 2.00 bits per heavy atom. The van der Waals surface area contributed by atoms with E-state index in [1.165, 1.54) is 6.07 Å². The van der Waals surface area contributed by atoms with Crippen LogP contribution in [0.4, 0.5) is 5.69 Å². The van der Waals surface area contributed by atoms with Crippen molar-refractivity contribution in [2.45, 2.75) is 6.92 Å². The molecular formula is C11H10N4O3. The van der Waals surface area contributed by atoms with Gasteiger partial charge in [-0.1, -0.05) is 17.3 Å². The normalized spacial score (nSPS) is 10.1. The zero-order valence-corrected chi connectivity index (χ0v) is 9.51. The standard InChI is InChI=1S/C11H10N4O3/c1-6-9(15-18-14-6)11(17)13-8-5-3-2-4-7(8)10(12)16/h2-5H,1H3,(H2,12,16)(H,13,17). The van der Waals surface area contributed by atoms with Crippen molar-refractivity contribution in [3.05, 3.63) is 41.2 Å². The van der Waals surface area contributed by atoms with Gasteiger partial charge in [-0.25, -0.2) is 4.63 Å². The summed E-state index contributed by atoms with van der Waals surface area (Å²) in [6, 6.07) is 6.42. The first-order valence-electron chi connectivity index (χ1n) is 5.09. The molecule has 3 N–H and O–H groups in total. The van der Waals surface area contributed by atoms with E-state index in [1.807, 2.05) is 0 Å². The molecule has 1 aromatic heterocycles. The average molecular weight is 246 g/mol. The summed E-state index contributed by atoms with van der Waals surface area (Å²) < 4.78 is 4.43. The topological polar surface area (TPSA) is 111 Å². The molecule has 7 heteroatoms. The second-order valence-corrected chi connectivity index (χ2v) is 3.56. The van der Waals surface area contributed by atoms with Gasteiger partial charge in [-0.15, -0.1) is 0 Å². The second-order valence-electron chi connectivity index (χ2n) is 3.56. The second kappa shape index (κ2) is 4.66. The number of primary amides is 1. The van der Waals surface area contributed by atoms with Crippen LogP contribution in [0.5, 0.6) is 0 Å². The van der Waals surface area contributed by atoms with Crippen LogP contribution in [-0.4, -0.2) is 22.1 Å². The van der Waals surface area contributed by atoms with Crippen molar-refractivity contribution in [3.63, 3.8) is 0 Å². The fraction of sp³-hybridized carbons (Fsp3) is 0.0909. The monoisotopic (exact) mass is 246 g/mol. The first kappa shape index (κ1) is 11.8. The molecule has 1 heterocycles. The summed E-state index contributed by atoms with van der Waals surface area (Å²) in [7, 11) is 0. The molecule has 2 rings (SSSR count). The number of aryl methyl sites for hydroxylation is 1. The van der Waals surface area contributed by atoms with E-state index in [4.69, 9.17) is 5.73 Å². The third-order valence-corrected chi connectivity index (χ3v) is 2.31. The minimum Gasteiger partial charge on any atom is -0.366 e. The lowest BCUT2D eigenvalue weighted by Gasteiger charge is -2.06. The summed E-state index contributed by atoms with van der Waals surface area (Å²) in [6.45, 7) is 1.59. The van der Waals surface area contributed by atoms with Crippen LogP contribution < -0.4 is 11.1 Å². The molecular weight excluding hydrogens is 236 g/mol. The number of hydrogen-bond donors (Lipinski definition) is 2. The predicted molar refractivity (Wildman–Crippen MR) is 61.9 cm³/mol. The molecule has 0 saturated carbocycles. The molecule has 18 heavy (non-hydrogen) atoms. The fourth-order valence-electron chi connectivity index (χ4n) is 1.43. The third kappa shape index (κ3) is 2.19. The minimum atomic E-state index is -0.624. The molecule has 0 spiro atoms. The van der Waals surface area contributed by atoms with Gasteiger partial charge < -0.3 is 11.1 Å². The summed E-state index contributed by atoms with van der Waals surface area (Å²) >= 11 is 0. The highest BCUT2D eigenvalue weighted by Gasteiger charge is 2.17. The molecule has 2 amide bonds. The zero-order valence-electron chi connectivity index (χ0n) is 9.51. The number of para-hydroxylation sites is 1. The number of nitrogens with two attached hydrogens (primary N) is 1. The van der Waals surface area contributed by atoms with Gasteiger partial charge in [0.05, 0.1) is 11.3 Å². The summed E-state index contributed by atoms with van der Waals surface area (Å²) in [6.07, 6.45) is 0. The number of benzene rings is 1. The van der Waals surface area contributed by atoms with E-state index in [9.17, 15) is 9.59 Å². The highest BCUT2D eigenvalue weighted by atomic mass is 16.6. The summed E-state index contributed by atoms with van der Waals surface area (Å²) in [5.41, 5.74) is 6.17. The van der Waals surface area contributed by atoms with Crippen molar-refractivity contribution in [2.75, 3.05) is 5.32 Å². The lowest BCUT2D eigenvalue weighted by Crippen LogP contribution is -2.19. The Kier molecular flexibility index (Phi) is 3.05. The van der Waals surface area contributed by atoms with Crippen LogP contribution in [0.2, 0.25) is 0 Å². The van der Waals surface area contributed by atoms with Gasteiger partial charge in [0.1, 0.15) is 5.69 Å². The van der Waals surface area contributed by atoms with E-state index in [0.717, 1.165) is 0 Å². The molecule has 7 nitrogen and oxygen atoms in total. The average Bonchev–Trinajstić information content (AvgIpc) is 2.76. The Morgan fingerprint density at radius 1 is 1.28 bits per heavy atom. The molecule has 92 valence electrons. The van der Waals surface area contributed by atoms with Crippen molar-refractivity contribution in [1.29, 1.82) is 0 Å². The van der Waals surface area contributed by atoms with Crippen molar-refractivity contribution in [1.82, 2.24) is 10.3 Å². The molecule has 0 unspecified atom stereocenters. The molecule has 0 atom stereocenters. The largest absolute Gasteiger partial charge is 0.366 e. The fourth-order valence-corrected chi connectivity index (χ4v) is 1.43. The van der Waals surface area contributed by atoms with Gasteiger partial charge in [0, 0.05) is 0 Å². The maximum absolute atomic E-state index is 11.8. The third-order valence-electron chi connectivity index (χ3n) is 2.31. The molecule has 1 aromatic carbocycles. The van der Waals surface area contributed by atoms with Gasteiger partial charge >= 0.3 is 0 Å². The maximum Gasteiger partial charge on any atom is 0.279 e. The van der Waals surface area contributed by atoms with Crippen molar-refractivity contribution in [2.24, 2.45) is 5.73 Å². The Hall–Kier alpha value is -2.70. The van der Waals surface area contributed by atoms with Gasteiger partial charge in [-0.05, 0) is 24.2 Å². The van der Waals surface area contributed by atoms with Crippen LogP contribution >= 0.6 is 0 Å². The number of amides is 2. The zero-order chi connectivity index (χ0) is 13.1. The lowest BCUT2D eigenvalue weighted by atomic mass is 10.1. The van der Waals surface area contributed by atoms with E-state index in [0.29, 0.717) is 11.4 Å². The van der Waals surface area contributed by atoms with E-state index in [-0.39, 0.29) is 11.3 Å². The van der Waals surface area contributed by atoms with Gasteiger partial charge in [0.15, 0.2) is 5.69 Å². The lowest BCUT2D eigenvalue weighted by molar-refractivity contribution is 0.100. The highest BCUT2D eigenvalue weighted by molar-refractivity contribution is 6.08. The first-order valence-corrected chi connectivity index (χ1v) is 5.09. The van der Waals surface area contributed by atoms with Crippen LogP contribution in [0, 0.1) is 6.92 Å². The SMILES string of the molecule is Cc1nonc1C(=O)Nc1ccccc1C(N)=O. The smallest absolute Gasteiger partial charge is 0.279 e. The molecule has 0 aliphatic carbocycles. The van der Waals surface area contributed by atoms with Gasteiger partial charge in [0.25, 0.3) is 11.8 Å². The number of anilines is 1. The highest BCUT2D eigenvalue weighted by Crippen LogP contribution is 2.15. The number of nitrogens with zero attached hydrogens (tertiary/aromatic N) is 2. The number of carbonyl (C=O) groups is 2. The van der Waals surface area contributed by atoms with Crippen LogP contribution in [0.15, 0.2) is 28.9 Å². The van der Waals surface area contributed by atoms with Crippen LogP contribution in [0.1, 0.15) is 26.5 Å². The quantitative estimate of drug-likeness (QED) is 0.829. The van der Waals surface area contributed by atoms with E-state index in [1.54, 1.807) is 25.1 Å². The van der Waals surface area contributed by atoms with Crippen LogP contribution in [0.25, 0.3) is 0 Å². The van der Waals surface area contributed by atoms with Crippen molar-refractivity contribution >= 4 is 17.5 Å². The Bertz CT molecular complexity index is 606.